The zero-order valence-electron chi connectivity index (χ0n) is 18.0. The fourth-order valence-corrected chi connectivity index (χ4v) is 3.60. The second kappa shape index (κ2) is 10.2. The number of aromatic nitrogens is 2. The Hall–Kier alpha value is -2.99. The first-order chi connectivity index (χ1) is 14.5. The number of nitrogens with one attached hydrogen (secondary N) is 2. The number of carbonyl (C=O) groups excluding carboxylic acids is 1. The smallest absolute Gasteiger partial charge is 0.258 e. The van der Waals surface area contributed by atoms with Crippen LogP contribution in [0.2, 0.25) is 0 Å². The summed E-state index contributed by atoms with van der Waals surface area (Å²) in [5, 5.41) is 3.67. The fraction of sp³-hybridized carbons (Fsp3) is 0.375. The average molecular weight is 407 g/mol. The number of aryl methyl sites for hydroxylation is 2. The van der Waals surface area contributed by atoms with E-state index in [9.17, 15) is 9.59 Å². The van der Waals surface area contributed by atoms with Gasteiger partial charge in [0, 0.05) is 5.69 Å². The lowest BCUT2D eigenvalue weighted by Gasteiger charge is -2.22. The van der Waals surface area contributed by atoms with Gasteiger partial charge in [0.1, 0.15) is 5.82 Å². The number of unbranched alkanes of at least 4 members (excludes halogenated alkanes) is 1. The first-order valence-corrected chi connectivity index (χ1v) is 10.6. The van der Waals surface area contributed by atoms with E-state index in [2.05, 4.69) is 29.1 Å². The highest BCUT2D eigenvalue weighted by molar-refractivity contribution is 5.93. The minimum atomic E-state index is -0.150. The maximum absolute atomic E-state index is 12.8. The van der Waals surface area contributed by atoms with Crippen molar-refractivity contribution in [1.29, 1.82) is 0 Å². The molecule has 1 heterocycles. The Morgan fingerprint density at radius 1 is 1.13 bits per heavy atom. The molecule has 0 aliphatic rings. The molecule has 1 aromatic heterocycles. The van der Waals surface area contributed by atoms with E-state index >= 15 is 0 Å². The van der Waals surface area contributed by atoms with Gasteiger partial charge in [-0.2, -0.15) is 0 Å². The van der Waals surface area contributed by atoms with Crippen molar-refractivity contribution in [2.24, 2.45) is 0 Å². The Kier molecular flexibility index (Phi) is 7.36. The molecule has 6 heteroatoms. The number of hydrogen-bond donors (Lipinski definition) is 2. The molecule has 0 unspecified atom stereocenters. The van der Waals surface area contributed by atoms with Crippen molar-refractivity contribution in [2.75, 3.05) is 18.4 Å². The molecule has 0 saturated carbocycles. The van der Waals surface area contributed by atoms with Crippen LogP contribution in [0.4, 0.5) is 5.69 Å². The molecular formula is C24H30N4O2. The molecule has 2 aromatic carbocycles. The quantitative estimate of drug-likeness (QED) is 0.562. The molecule has 1 amide bonds. The van der Waals surface area contributed by atoms with Gasteiger partial charge in [-0.05, 0) is 49.6 Å². The van der Waals surface area contributed by atoms with Gasteiger partial charge < -0.3 is 10.3 Å². The number of H-pyrrole nitrogens is 1. The minimum Gasteiger partial charge on any atom is -0.324 e. The van der Waals surface area contributed by atoms with E-state index in [1.807, 2.05) is 48.2 Å². The van der Waals surface area contributed by atoms with E-state index in [1.54, 1.807) is 6.07 Å². The number of rotatable bonds is 9. The van der Waals surface area contributed by atoms with Gasteiger partial charge in [-0.15, -0.1) is 0 Å². The summed E-state index contributed by atoms with van der Waals surface area (Å²) in [7, 11) is 0. The summed E-state index contributed by atoms with van der Waals surface area (Å²) >= 11 is 0. The summed E-state index contributed by atoms with van der Waals surface area (Å²) in [6, 6.07) is 13.4. The summed E-state index contributed by atoms with van der Waals surface area (Å²) in [6.45, 7) is 7.63. The van der Waals surface area contributed by atoms with E-state index in [0.717, 1.165) is 42.6 Å². The van der Waals surface area contributed by atoms with Crippen LogP contribution in [-0.2, 0) is 17.8 Å². The SMILES string of the molecule is CCCCN(CC(=O)Nc1c(C)cccc1CC)Cc1nc2ccccc2c(=O)[nH]1. The van der Waals surface area contributed by atoms with Crippen LogP contribution in [0.15, 0.2) is 47.3 Å². The molecular weight excluding hydrogens is 376 g/mol. The monoisotopic (exact) mass is 406 g/mol. The van der Waals surface area contributed by atoms with Crippen molar-refractivity contribution in [3.63, 3.8) is 0 Å². The van der Waals surface area contributed by atoms with Gasteiger partial charge in [-0.3, -0.25) is 14.5 Å². The molecule has 3 rings (SSSR count). The molecule has 158 valence electrons. The third-order valence-electron chi connectivity index (χ3n) is 5.23. The fourth-order valence-electron chi connectivity index (χ4n) is 3.60. The highest BCUT2D eigenvalue weighted by Crippen LogP contribution is 2.21. The number of nitrogens with zero attached hydrogens (tertiary/aromatic N) is 2. The van der Waals surface area contributed by atoms with Crippen molar-refractivity contribution in [3.8, 4) is 0 Å². The molecule has 0 spiro atoms. The lowest BCUT2D eigenvalue weighted by atomic mass is 10.1. The third-order valence-corrected chi connectivity index (χ3v) is 5.23. The van der Waals surface area contributed by atoms with Crippen LogP contribution in [-0.4, -0.2) is 33.9 Å². The lowest BCUT2D eigenvalue weighted by molar-refractivity contribution is -0.117. The van der Waals surface area contributed by atoms with E-state index < -0.39 is 0 Å². The van der Waals surface area contributed by atoms with Crippen LogP contribution in [0, 0.1) is 6.92 Å². The average Bonchev–Trinajstić information content (AvgIpc) is 2.73. The summed E-state index contributed by atoms with van der Waals surface area (Å²) in [4.78, 5) is 34.7. The third kappa shape index (κ3) is 5.33. The summed E-state index contributed by atoms with van der Waals surface area (Å²) in [5.74, 6) is 0.519. The van der Waals surface area contributed by atoms with E-state index in [4.69, 9.17) is 0 Å². The topological polar surface area (TPSA) is 78.1 Å². The summed E-state index contributed by atoms with van der Waals surface area (Å²) in [6.07, 6.45) is 2.85. The van der Waals surface area contributed by atoms with Crippen LogP contribution < -0.4 is 10.9 Å². The standard InChI is InChI=1S/C24H30N4O2/c1-4-6-14-28(15-21-25-20-13-8-7-12-19(20)24(30)26-21)16-22(29)27-23-17(3)10-9-11-18(23)5-2/h7-13H,4-6,14-16H2,1-3H3,(H,27,29)(H,25,26,30). The highest BCUT2D eigenvalue weighted by Gasteiger charge is 2.15. The maximum Gasteiger partial charge on any atom is 0.258 e. The molecule has 0 aliphatic carbocycles. The number of amides is 1. The highest BCUT2D eigenvalue weighted by atomic mass is 16.2. The Bertz CT molecular complexity index is 1070. The number of para-hydroxylation sites is 2. The van der Waals surface area contributed by atoms with Crippen molar-refractivity contribution >= 4 is 22.5 Å². The van der Waals surface area contributed by atoms with E-state index in [-0.39, 0.29) is 18.0 Å². The molecule has 0 bridgehead atoms. The number of fused-ring (bicyclic) bond motifs is 1. The second-order valence-corrected chi connectivity index (χ2v) is 7.60. The van der Waals surface area contributed by atoms with Crippen LogP contribution >= 0.6 is 0 Å². The summed E-state index contributed by atoms with van der Waals surface area (Å²) < 4.78 is 0. The van der Waals surface area contributed by atoms with Gasteiger partial charge in [0.25, 0.3) is 5.56 Å². The van der Waals surface area contributed by atoms with Gasteiger partial charge >= 0.3 is 0 Å². The molecule has 6 nitrogen and oxygen atoms in total. The molecule has 0 radical (unpaired) electrons. The second-order valence-electron chi connectivity index (χ2n) is 7.60. The number of aromatic amines is 1. The van der Waals surface area contributed by atoms with Gasteiger partial charge in [-0.1, -0.05) is 50.6 Å². The predicted molar refractivity (Wildman–Crippen MR) is 122 cm³/mol. The van der Waals surface area contributed by atoms with Crippen molar-refractivity contribution in [2.45, 2.75) is 46.6 Å². The van der Waals surface area contributed by atoms with E-state index in [0.29, 0.717) is 23.3 Å². The Labute approximate surface area is 177 Å². The number of carbonyl (C=O) groups is 1. The number of benzene rings is 2. The summed E-state index contributed by atoms with van der Waals surface area (Å²) in [5.41, 5.74) is 3.61. The van der Waals surface area contributed by atoms with Crippen LogP contribution in [0.25, 0.3) is 10.9 Å². The number of hydrogen-bond acceptors (Lipinski definition) is 4. The molecule has 0 aliphatic heterocycles. The first kappa shape index (κ1) is 21.7. The lowest BCUT2D eigenvalue weighted by Crippen LogP contribution is -2.35. The Morgan fingerprint density at radius 2 is 1.93 bits per heavy atom. The van der Waals surface area contributed by atoms with Crippen molar-refractivity contribution < 1.29 is 4.79 Å². The zero-order chi connectivity index (χ0) is 21.5. The van der Waals surface area contributed by atoms with Crippen LogP contribution in [0.3, 0.4) is 0 Å². The van der Waals surface area contributed by atoms with Crippen molar-refractivity contribution in [3.05, 3.63) is 69.8 Å². The van der Waals surface area contributed by atoms with E-state index in [1.165, 1.54) is 0 Å². The van der Waals surface area contributed by atoms with Gasteiger partial charge in [-0.25, -0.2) is 4.98 Å². The number of anilines is 1. The molecule has 0 atom stereocenters. The zero-order valence-corrected chi connectivity index (χ0v) is 18.0. The largest absolute Gasteiger partial charge is 0.324 e. The molecule has 2 N–H and O–H groups in total. The first-order valence-electron chi connectivity index (χ1n) is 10.6. The van der Waals surface area contributed by atoms with Crippen LogP contribution in [0.5, 0.6) is 0 Å². The van der Waals surface area contributed by atoms with Crippen LogP contribution in [0.1, 0.15) is 43.6 Å². The van der Waals surface area contributed by atoms with Gasteiger partial charge in [0.2, 0.25) is 5.91 Å². The van der Waals surface area contributed by atoms with Crippen molar-refractivity contribution in [1.82, 2.24) is 14.9 Å². The van der Waals surface area contributed by atoms with Gasteiger partial charge in [0.15, 0.2) is 0 Å². The molecule has 30 heavy (non-hydrogen) atoms. The van der Waals surface area contributed by atoms with Gasteiger partial charge in [0.05, 0.1) is 24.0 Å². The Balaban J connectivity index is 1.76. The molecule has 3 aromatic rings. The normalized spacial score (nSPS) is 11.2. The predicted octanol–water partition coefficient (Wildman–Crippen LogP) is 4.03. The Morgan fingerprint density at radius 3 is 2.70 bits per heavy atom. The minimum absolute atomic E-state index is 0.0572. The molecule has 0 saturated heterocycles. The molecule has 0 fully saturated rings. The maximum atomic E-state index is 12.8.